The molecule has 314 valence electrons. The first-order valence-corrected chi connectivity index (χ1v) is 22.0. The minimum Gasteiger partial charge on any atom is -0.456 e. The second kappa shape index (κ2) is 32.7. The summed E-state index contributed by atoms with van der Waals surface area (Å²) in [7, 11) is 0. The van der Waals surface area contributed by atoms with Gasteiger partial charge in [-0.3, -0.25) is 0 Å². The van der Waals surface area contributed by atoms with Crippen LogP contribution in [-0.4, -0.2) is 24.5 Å². The normalized spacial score (nSPS) is 9.31. The van der Waals surface area contributed by atoms with Gasteiger partial charge in [0, 0.05) is 32.3 Å². The van der Waals surface area contributed by atoms with Gasteiger partial charge in [0.25, 0.3) is 0 Å². The Balaban J connectivity index is 0.000000698. The summed E-state index contributed by atoms with van der Waals surface area (Å²) in [6, 6.07) is 48.6. The second-order valence-corrected chi connectivity index (χ2v) is 10.9. The number of para-hydroxylation sites is 6. The first kappa shape index (κ1) is 52.7. The van der Waals surface area contributed by atoms with Crippen molar-refractivity contribution in [2.45, 2.75) is 104 Å². The van der Waals surface area contributed by atoms with Crippen LogP contribution in [0.15, 0.2) is 159 Å². The average Bonchev–Trinajstić information content (AvgIpc) is 4.03. The molecule has 6 aromatic carbocycles. The van der Waals surface area contributed by atoms with Gasteiger partial charge in [0.1, 0.15) is 33.5 Å². The highest BCUT2D eigenvalue weighted by molar-refractivity contribution is 6.06. The van der Waals surface area contributed by atoms with E-state index in [1.54, 1.807) is 0 Å². The zero-order chi connectivity index (χ0) is 43.7. The van der Waals surface area contributed by atoms with E-state index in [2.05, 4.69) is 62.1 Å². The molecule has 4 heteroatoms. The highest BCUT2D eigenvalue weighted by atomic mass is 16.3. The molecule has 0 aliphatic carbocycles. The highest BCUT2D eigenvalue weighted by Crippen LogP contribution is 2.29. The highest BCUT2D eigenvalue weighted by Gasteiger charge is 2.05. The Morgan fingerprint density at radius 1 is 0.259 bits per heavy atom. The van der Waals surface area contributed by atoms with Gasteiger partial charge in [-0.1, -0.05) is 213 Å². The molecule has 4 nitrogen and oxygen atoms in total. The number of rotatable bonds is 3. The Morgan fingerprint density at radius 2 is 0.397 bits per heavy atom. The third-order valence-corrected chi connectivity index (χ3v) is 8.19. The monoisotopic (exact) mass is 786 g/mol. The molecule has 9 rings (SSSR count). The van der Waals surface area contributed by atoms with Gasteiger partial charge in [0.15, 0.2) is 0 Å². The molecule has 0 aliphatic rings. The predicted octanol–water partition coefficient (Wildman–Crippen LogP) is 18.3. The van der Waals surface area contributed by atoms with Gasteiger partial charge in [0.2, 0.25) is 0 Å². The second-order valence-electron chi connectivity index (χ2n) is 10.9. The summed E-state index contributed by atoms with van der Waals surface area (Å²) in [4.78, 5) is 2.38. The van der Waals surface area contributed by atoms with Crippen LogP contribution >= 0.6 is 0 Å². The third-order valence-electron chi connectivity index (χ3n) is 8.19. The predicted molar refractivity (Wildman–Crippen MR) is 263 cm³/mol. The van der Waals surface area contributed by atoms with E-state index in [-0.39, 0.29) is 0 Å². The van der Waals surface area contributed by atoms with Crippen molar-refractivity contribution in [1.29, 1.82) is 0 Å². The van der Waals surface area contributed by atoms with Gasteiger partial charge < -0.3 is 18.2 Å². The minimum atomic E-state index is 0.962. The SMILES string of the molecule is CC.CC.CC.CC.CC.CC.CCN(CC)CC.c1ccc2c(c1)oc1ccccc12.c1ccc2c(c1)oc1ccccc12.c1ccc2c(c1)oc1ccccc12. The number of furan rings is 3. The number of fused-ring (bicyclic) bond motifs is 9. The van der Waals surface area contributed by atoms with Crippen LogP contribution in [0.25, 0.3) is 65.8 Å². The molecule has 0 bridgehead atoms. The van der Waals surface area contributed by atoms with E-state index >= 15 is 0 Å². The molecular formula is C54H75NO3. The first-order valence-electron chi connectivity index (χ1n) is 22.0. The molecule has 0 unspecified atom stereocenters. The van der Waals surface area contributed by atoms with E-state index in [1.165, 1.54) is 52.0 Å². The van der Waals surface area contributed by atoms with Crippen LogP contribution < -0.4 is 0 Å². The van der Waals surface area contributed by atoms with E-state index in [0.717, 1.165) is 33.5 Å². The molecule has 3 aromatic heterocycles. The lowest BCUT2D eigenvalue weighted by molar-refractivity contribution is 0.321. The summed E-state index contributed by atoms with van der Waals surface area (Å²) in [5, 5.41) is 7.16. The minimum absolute atomic E-state index is 0.962. The maximum atomic E-state index is 5.65. The van der Waals surface area contributed by atoms with Crippen molar-refractivity contribution >= 4 is 65.8 Å². The maximum absolute atomic E-state index is 5.65. The Labute approximate surface area is 351 Å². The zero-order valence-electron chi connectivity index (χ0n) is 38.6. The number of hydrogen-bond donors (Lipinski definition) is 0. The van der Waals surface area contributed by atoms with Crippen LogP contribution in [0.3, 0.4) is 0 Å². The fourth-order valence-electron chi connectivity index (χ4n) is 5.70. The van der Waals surface area contributed by atoms with Crippen LogP contribution in [0.4, 0.5) is 0 Å². The molecule has 0 amide bonds. The van der Waals surface area contributed by atoms with E-state index in [4.69, 9.17) is 13.3 Å². The molecule has 0 radical (unpaired) electrons. The molecule has 0 spiro atoms. The standard InChI is InChI=1S/3C12H8O.C6H15N.6C2H6/c3*1-3-7-11-9(5-1)10-6-2-4-8-12(10)13-11;1-4-7(5-2)6-3;6*1-2/h3*1-8H;4-6H2,1-3H3;6*1-2H3. The lowest BCUT2D eigenvalue weighted by Gasteiger charge is -2.13. The van der Waals surface area contributed by atoms with Gasteiger partial charge >= 0.3 is 0 Å². The molecule has 0 saturated heterocycles. The number of nitrogens with zero attached hydrogens (tertiary/aromatic N) is 1. The summed E-state index contributed by atoms with van der Waals surface area (Å²) >= 11 is 0. The van der Waals surface area contributed by atoms with Crippen molar-refractivity contribution in [2.24, 2.45) is 0 Å². The fourth-order valence-corrected chi connectivity index (χ4v) is 5.70. The smallest absolute Gasteiger partial charge is 0.135 e. The van der Waals surface area contributed by atoms with Crippen molar-refractivity contribution in [1.82, 2.24) is 4.90 Å². The summed E-state index contributed by atoms with van der Waals surface area (Å²) in [6.07, 6.45) is 0. The lowest BCUT2D eigenvalue weighted by Crippen LogP contribution is -2.21. The molecule has 9 aromatic rings. The summed E-state index contributed by atoms with van der Waals surface area (Å²) in [5.41, 5.74) is 5.77. The lowest BCUT2D eigenvalue weighted by atomic mass is 10.2. The molecule has 0 fully saturated rings. The molecule has 0 atom stereocenters. The van der Waals surface area contributed by atoms with Crippen molar-refractivity contribution in [3.63, 3.8) is 0 Å². The summed E-state index contributed by atoms with van der Waals surface area (Å²) in [6.45, 7) is 34.1. The Hall–Kier alpha value is -5.32. The van der Waals surface area contributed by atoms with Gasteiger partial charge in [-0.15, -0.1) is 0 Å². The zero-order valence-corrected chi connectivity index (χ0v) is 38.6. The van der Waals surface area contributed by atoms with Gasteiger partial charge in [-0.2, -0.15) is 0 Å². The van der Waals surface area contributed by atoms with Crippen molar-refractivity contribution < 1.29 is 13.3 Å². The molecule has 0 aliphatic heterocycles. The Morgan fingerprint density at radius 3 is 0.517 bits per heavy atom. The summed E-state index contributed by atoms with van der Waals surface area (Å²) < 4.78 is 17.0. The largest absolute Gasteiger partial charge is 0.456 e. The fraction of sp³-hybridized carbons (Fsp3) is 0.333. The topological polar surface area (TPSA) is 42.7 Å². The molecule has 0 N–H and O–H groups in total. The third kappa shape index (κ3) is 15.2. The van der Waals surface area contributed by atoms with Crippen LogP contribution in [-0.2, 0) is 0 Å². The van der Waals surface area contributed by atoms with Crippen LogP contribution in [0.2, 0.25) is 0 Å². The number of benzene rings is 6. The van der Waals surface area contributed by atoms with Gasteiger partial charge in [-0.05, 0) is 56.0 Å². The summed E-state index contributed by atoms with van der Waals surface area (Å²) in [5.74, 6) is 0. The van der Waals surface area contributed by atoms with Crippen molar-refractivity contribution in [3.05, 3.63) is 146 Å². The first-order chi connectivity index (χ1) is 28.7. The molecular weight excluding hydrogens is 711 g/mol. The molecule has 3 heterocycles. The Bertz CT molecular complexity index is 1890. The quantitative estimate of drug-likeness (QED) is 0.179. The van der Waals surface area contributed by atoms with Crippen LogP contribution in [0.1, 0.15) is 104 Å². The Kier molecular flexibility index (Phi) is 29.7. The maximum Gasteiger partial charge on any atom is 0.135 e. The van der Waals surface area contributed by atoms with Crippen molar-refractivity contribution in [3.8, 4) is 0 Å². The molecule has 58 heavy (non-hydrogen) atoms. The van der Waals surface area contributed by atoms with Crippen molar-refractivity contribution in [2.75, 3.05) is 19.6 Å². The van der Waals surface area contributed by atoms with Gasteiger partial charge in [0.05, 0.1) is 0 Å². The molecule has 0 saturated carbocycles. The van der Waals surface area contributed by atoms with E-state index in [1.807, 2.05) is 192 Å². The van der Waals surface area contributed by atoms with E-state index in [9.17, 15) is 0 Å². The van der Waals surface area contributed by atoms with E-state index in [0.29, 0.717) is 0 Å². The van der Waals surface area contributed by atoms with E-state index < -0.39 is 0 Å². The number of hydrogen-bond acceptors (Lipinski definition) is 4. The van der Waals surface area contributed by atoms with Crippen LogP contribution in [0, 0.1) is 0 Å². The van der Waals surface area contributed by atoms with Crippen LogP contribution in [0.5, 0.6) is 0 Å². The van der Waals surface area contributed by atoms with Gasteiger partial charge in [-0.25, -0.2) is 0 Å². The average molecular weight is 786 g/mol.